The second kappa shape index (κ2) is 5.47. The van der Waals surface area contributed by atoms with Crippen molar-refractivity contribution in [2.45, 2.75) is 45.6 Å². The summed E-state index contributed by atoms with van der Waals surface area (Å²) in [6, 6.07) is 6.43. The van der Waals surface area contributed by atoms with E-state index in [1.165, 1.54) is 31.2 Å². The molecule has 1 aromatic rings. The number of benzene rings is 1. The molecule has 2 fully saturated rings. The van der Waals surface area contributed by atoms with E-state index < -0.39 is 0 Å². The van der Waals surface area contributed by atoms with Gasteiger partial charge in [0.15, 0.2) is 6.61 Å². The summed E-state index contributed by atoms with van der Waals surface area (Å²) in [5.41, 5.74) is 2.29. The number of rotatable bonds is 6. The largest absolute Gasteiger partial charge is 0.484 e. The molecule has 2 aliphatic carbocycles. The molecule has 0 aliphatic heterocycles. The minimum absolute atomic E-state index is 0.0220. The number of nitrogens with one attached hydrogen (secondary N) is 1. The molecule has 3 heteroatoms. The van der Waals surface area contributed by atoms with Gasteiger partial charge in [-0.2, -0.15) is 0 Å². The maximum absolute atomic E-state index is 12.0. The van der Waals surface area contributed by atoms with Gasteiger partial charge in [-0.25, -0.2) is 0 Å². The van der Waals surface area contributed by atoms with E-state index >= 15 is 0 Å². The van der Waals surface area contributed by atoms with Crippen LogP contribution in [0.4, 0.5) is 0 Å². The van der Waals surface area contributed by atoms with Crippen molar-refractivity contribution in [1.29, 1.82) is 0 Å². The maximum atomic E-state index is 12.0. The topological polar surface area (TPSA) is 38.3 Å². The van der Waals surface area contributed by atoms with E-state index in [1.54, 1.807) is 0 Å². The van der Waals surface area contributed by atoms with Crippen LogP contribution in [0.1, 0.15) is 36.8 Å². The van der Waals surface area contributed by atoms with Crippen LogP contribution in [0.2, 0.25) is 0 Å². The van der Waals surface area contributed by atoms with E-state index in [1.807, 2.05) is 19.1 Å². The Labute approximate surface area is 120 Å². The van der Waals surface area contributed by atoms with E-state index in [9.17, 15) is 4.79 Å². The van der Waals surface area contributed by atoms with Gasteiger partial charge in [0.1, 0.15) is 5.75 Å². The number of aryl methyl sites for hydroxylation is 2. The predicted octanol–water partition coefficient (Wildman–Crippen LogP) is 2.99. The fourth-order valence-corrected chi connectivity index (χ4v) is 2.86. The Bertz CT molecular complexity index is 492. The first-order valence-corrected chi connectivity index (χ1v) is 7.63. The molecule has 0 radical (unpaired) electrons. The van der Waals surface area contributed by atoms with Gasteiger partial charge in [0.25, 0.3) is 5.91 Å². The van der Waals surface area contributed by atoms with Crippen LogP contribution in [0.5, 0.6) is 5.75 Å². The van der Waals surface area contributed by atoms with Crippen LogP contribution in [0, 0.1) is 25.7 Å². The summed E-state index contributed by atoms with van der Waals surface area (Å²) in [7, 11) is 0. The molecule has 2 saturated carbocycles. The normalized spacial score (nSPS) is 18.1. The van der Waals surface area contributed by atoms with E-state index in [4.69, 9.17) is 4.74 Å². The molecule has 0 spiro atoms. The predicted molar refractivity (Wildman–Crippen MR) is 78.8 cm³/mol. The molecule has 3 nitrogen and oxygen atoms in total. The molecule has 108 valence electrons. The summed E-state index contributed by atoms with van der Waals surface area (Å²) in [5, 5.41) is 3.18. The van der Waals surface area contributed by atoms with Crippen LogP contribution in [0.15, 0.2) is 18.2 Å². The first kappa shape index (κ1) is 13.5. The Morgan fingerprint density at radius 1 is 1.25 bits per heavy atom. The molecule has 1 amide bonds. The highest BCUT2D eigenvalue weighted by Gasteiger charge is 2.42. The standard InChI is InChI=1S/C17H23NO2/c1-11-3-8-15(12(2)9-11)20-10-16(19)18-17(13-4-5-13)14-6-7-14/h3,8-9,13-14,17H,4-7,10H2,1-2H3,(H,18,19). The zero-order valence-corrected chi connectivity index (χ0v) is 12.3. The highest BCUT2D eigenvalue weighted by molar-refractivity contribution is 5.78. The van der Waals surface area contributed by atoms with Crippen LogP contribution >= 0.6 is 0 Å². The van der Waals surface area contributed by atoms with Crippen LogP contribution in [0.25, 0.3) is 0 Å². The highest BCUT2D eigenvalue weighted by atomic mass is 16.5. The molecular weight excluding hydrogens is 250 g/mol. The van der Waals surface area contributed by atoms with Crippen LogP contribution < -0.4 is 10.1 Å². The average Bonchev–Trinajstić information content (AvgIpc) is 3.28. The van der Waals surface area contributed by atoms with Gasteiger partial charge in [0.05, 0.1) is 0 Å². The van der Waals surface area contributed by atoms with E-state index in [-0.39, 0.29) is 12.5 Å². The monoisotopic (exact) mass is 273 g/mol. The van der Waals surface area contributed by atoms with Gasteiger partial charge >= 0.3 is 0 Å². The lowest BCUT2D eigenvalue weighted by atomic mass is 10.1. The molecule has 0 saturated heterocycles. The van der Waals surface area contributed by atoms with Crippen LogP contribution in [-0.4, -0.2) is 18.6 Å². The molecule has 0 aromatic heterocycles. The minimum Gasteiger partial charge on any atom is -0.484 e. The van der Waals surface area contributed by atoms with E-state index in [2.05, 4.69) is 18.3 Å². The smallest absolute Gasteiger partial charge is 0.258 e. The number of hydrogen-bond donors (Lipinski definition) is 1. The number of carbonyl (C=O) groups excluding carboxylic acids is 1. The Balaban J connectivity index is 1.51. The van der Waals surface area contributed by atoms with Crippen molar-refractivity contribution >= 4 is 5.91 Å². The molecule has 1 aromatic carbocycles. The van der Waals surface area contributed by atoms with Gasteiger partial charge in [-0.05, 0) is 63.0 Å². The maximum Gasteiger partial charge on any atom is 0.258 e. The molecule has 1 N–H and O–H groups in total. The fraction of sp³-hybridized carbons (Fsp3) is 0.588. The Morgan fingerprint density at radius 3 is 2.45 bits per heavy atom. The fourth-order valence-electron chi connectivity index (χ4n) is 2.86. The second-order valence-corrected chi connectivity index (χ2v) is 6.33. The quantitative estimate of drug-likeness (QED) is 0.865. The van der Waals surface area contributed by atoms with Gasteiger partial charge < -0.3 is 10.1 Å². The lowest BCUT2D eigenvalue weighted by Crippen LogP contribution is -2.40. The van der Waals surface area contributed by atoms with Gasteiger partial charge in [-0.15, -0.1) is 0 Å². The van der Waals surface area contributed by atoms with Crippen molar-refractivity contribution in [1.82, 2.24) is 5.32 Å². The van der Waals surface area contributed by atoms with Gasteiger partial charge in [-0.1, -0.05) is 17.7 Å². The average molecular weight is 273 g/mol. The summed E-state index contributed by atoms with van der Waals surface area (Å²) in [5.74, 6) is 2.29. The Kier molecular flexibility index (Phi) is 3.68. The molecule has 0 bridgehead atoms. The molecule has 0 heterocycles. The molecular formula is C17H23NO2. The second-order valence-electron chi connectivity index (χ2n) is 6.33. The number of ether oxygens (including phenoxy) is 1. The van der Waals surface area contributed by atoms with Crippen molar-refractivity contribution in [3.05, 3.63) is 29.3 Å². The summed E-state index contributed by atoms with van der Waals surface area (Å²) < 4.78 is 5.64. The highest BCUT2D eigenvalue weighted by Crippen LogP contribution is 2.44. The van der Waals surface area contributed by atoms with Gasteiger partial charge in [-0.3, -0.25) is 4.79 Å². The molecule has 0 unspecified atom stereocenters. The lowest BCUT2D eigenvalue weighted by Gasteiger charge is -2.18. The van der Waals surface area contributed by atoms with Crippen LogP contribution in [-0.2, 0) is 4.79 Å². The van der Waals surface area contributed by atoms with Crippen molar-refractivity contribution in [3.63, 3.8) is 0 Å². The third kappa shape index (κ3) is 3.33. The number of carbonyl (C=O) groups is 1. The Hall–Kier alpha value is -1.51. The van der Waals surface area contributed by atoms with Crippen LogP contribution in [0.3, 0.4) is 0 Å². The van der Waals surface area contributed by atoms with Crippen molar-refractivity contribution < 1.29 is 9.53 Å². The SMILES string of the molecule is Cc1ccc(OCC(=O)NC(C2CC2)C2CC2)c(C)c1. The molecule has 20 heavy (non-hydrogen) atoms. The van der Waals surface area contributed by atoms with Crippen molar-refractivity contribution in [2.24, 2.45) is 11.8 Å². The first-order valence-electron chi connectivity index (χ1n) is 7.63. The summed E-state index contributed by atoms with van der Waals surface area (Å²) in [4.78, 5) is 12.0. The van der Waals surface area contributed by atoms with E-state index in [0.29, 0.717) is 6.04 Å². The van der Waals surface area contributed by atoms with E-state index in [0.717, 1.165) is 23.1 Å². The third-order valence-corrected chi connectivity index (χ3v) is 4.28. The van der Waals surface area contributed by atoms with Gasteiger partial charge in [0.2, 0.25) is 0 Å². The van der Waals surface area contributed by atoms with Crippen molar-refractivity contribution in [3.8, 4) is 5.75 Å². The summed E-state index contributed by atoms with van der Waals surface area (Å²) in [6.45, 7) is 4.19. The molecule has 3 rings (SSSR count). The first-order chi connectivity index (χ1) is 9.63. The minimum atomic E-state index is 0.0220. The van der Waals surface area contributed by atoms with Crippen molar-refractivity contribution in [2.75, 3.05) is 6.61 Å². The number of hydrogen-bond acceptors (Lipinski definition) is 2. The zero-order valence-electron chi connectivity index (χ0n) is 12.3. The third-order valence-electron chi connectivity index (χ3n) is 4.28. The summed E-state index contributed by atoms with van der Waals surface area (Å²) >= 11 is 0. The summed E-state index contributed by atoms with van der Waals surface area (Å²) in [6.07, 6.45) is 5.11. The number of amides is 1. The Morgan fingerprint density at radius 2 is 1.90 bits per heavy atom. The molecule has 0 atom stereocenters. The molecule has 2 aliphatic rings. The zero-order chi connectivity index (χ0) is 14.1. The lowest BCUT2D eigenvalue weighted by molar-refractivity contribution is -0.124. The van der Waals surface area contributed by atoms with Gasteiger partial charge in [0, 0.05) is 6.04 Å².